The summed E-state index contributed by atoms with van der Waals surface area (Å²) in [5.74, 6) is -0.178. The van der Waals surface area contributed by atoms with Gasteiger partial charge in [-0.15, -0.1) is 0 Å². The van der Waals surface area contributed by atoms with E-state index in [1.54, 1.807) is 78.9 Å². The highest BCUT2D eigenvalue weighted by Gasteiger charge is 2.35. The molecule has 1 fully saturated rings. The van der Waals surface area contributed by atoms with Crippen LogP contribution in [0.5, 0.6) is 5.75 Å². The molecule has 1 aliphatic heterocycles. The summed E-state index contributed by atoms with van der Waals surface area (Å²) in [4.78, 5) is 38.7. The number of hydrogen-bond acceptors (Lipinski definition) is 5. The van der Waals surface area contributed by atoms with E-state index in [0.29, 0.717) is 32.0 Å². The molecule has 9 heteroatoms. The lowest BCUT2D eigenvalue weighted by atomic mass is 10.2. The molecule has 34 heavy (non-hydrogen) atoms. The second kappa shape index (κ2) is 10.8. The summed E-state index contributed by atoms with van der Waals surface area (Å²) in [5.41, 5.74) is 2.05. The van der Waals surface area contributed by atoms with Crippen molar-refractivity contribution in [3.63, 3.8) is 0 Å². The zero-order valence-corrected chi connectivity index (χ0v) is 20.0. The second-order valence-corrected chi connectivity index (χ2v) is 9.11. The number of hydrogen-bond donors (Lipinski definition) is 1. The number of carbonyl (C=O) groups excluding carboxylic acids is 3. The van der Waals surface area contributed by atoms with E-state index in [1.165, 1.54) is 4.90 Å². The zero-order chi connectivity index (χ0) is 24.1. The Balaban J connectivity index is 1.34. The number of carbonyl (C=O) groups is 3. The fraction of sp³-hybridized carbons (Fsp3) is 0.0800. The Hall–Kier alpha value is -3.26. The summed E-state index contributed by atoms with van der Waals surface area (Å²) < 4.78 is 5.52. The highest BCUT2D eigenvalue weighted by Crippen LogP contribution is 2.34. The SMILES string of the molecule is O=C(COc1ccc(/C=C2\SC(=O)N(Cc3ccccc3Cl)C2=O)cc1)Nc1ccc(Cl)cc1. The molecule has 3 aromatic carbocycles. The molecule has 0 spiro atoms. The number of rotatable bonds is 7. The van der Waals surface area contributed by atoms with Gasteiger partial charge in [-0.1, -0.05) is 53.5 Å². The highest BCUT2D eigenvalue weighted by atomic mass is 35.5. The minimum Gasteiger partial charge on any atom is -0.484 e. The predicted molar refractivity (Wildman–Crippen MR) is 135 cm³/mol. The first-order valence-electron chi connectivity index (χ1n) is 10.2. The fourth-order valence-electron chi connectivity index (χ4n) is 3.12. The number of imide groups is 1. The topological polar surface area (TPSA) is 75.7 Å². The van der Waals surface area contributed by atoms with Crippen LogP contribution in [0.15, 0.2) is 77.7 Å². The molecule has 6 nitrogen and oxygen atoms in total. The molecular weight excluding hydrogens is 495 g/mol. The van der Waals surface area contributed by atoms with Gasteiger partial charge in [0, 0.05) is 15.7 Å². The van der Waals surface area contributed by atoms with Gasteiger partial charge in [-0.3, -0.25) is 19.3 Å². The Kier molecular flexibility index (Phi) is 7.57. The number of amides is 3. The van der Waals surface area contributed by atoms with Crippen molar-refractivity contribution in [3.8, 4) is 5.75 Å². The molecule has 0 saturated carbocycles. The minimum atomic E-state index is -0.367. The third-order valence-electron chi connectivity index (χ3n) is 4.84. The van der Waals surface area contributed by atoms with E-state index in [2.05, 4.69) is 5.32 Å². The number of benzene rings is 3. The zero-order valence-electron chi connectivity index (χ0n) is 17.7. The smallest absolute Gasteiger partial charge is 0.293 e. The Morgan fingerprint density at radius 1 is 0.971 bits per heavy atom. The summed E-state index contributed by atoms with van der Waals surface area (Å²) in [6, 6.07) is 20.7. The molecule has 4 rings (SSSR count). The largest absolute Gasteiger partial charge is 0.484 e. The molecule has 0 aliphatic carbocycles. The molecule has 0 unspecified atom stereocenters. The molecule has 1 N–H and O–H groups in total. The van der Waals surface area contributed by atoms with Crippen LogP contribution in [0.25, 0.3) is 6.08 Å². The van der Waals surface area contributed by atoms with Gasteiger partial charge in [0.2, 0.25) is 0 Å². The maximum atomic E-state index is 12.7. The lowest BCUT2D eigenvalue weighted by molar-refractivity contribution is -0.123. The van der Waals surface area contributed by atoms with Crippen LogP contribution in [0.3, 0.4) is 0 Å². The standard InChI is InChI=1S/C25H18Cl2N2O4S/c26-18-7-9-19(10-8-18)28-23(30)15-33-20-11-5-16(6-12-20)13-22-24(31)29(25(32)34-22)14-17-3-1-2-4-21(17)27/h1-13H,14-15H2,(H,28,30)/b22-13-. The van der Waals surface area contributed by atoms with Crippen LogP contribution in [0, 0.1) is 0 Å². The molecule has 1 aliphatic rings. The third kappa shape index (κ3) is 5.99. The van der Waals surface area contributed by atoms with Gasteiger partial charge in [0.15, 0.2) is 6.61 Å². The molecule has 0 bridgehead atoms. The normalized spacial score (nSPS) is 14.5. The van der Waals surface area contributed by atoms with Crippen LogP contribution >= 0.6 is 35.0 Å². The van der Waals surface area contributed by atoms with Crippen LogP contribution in [0.1, 0.15) is 11.1 Å². The molecule has 1 heterocycles. The summed E-state index contributed by atoms with van der Waals surface area (Å²) >= 11 is 12.9. The van der Waals surface area contributed by atoms with Gasteiger partial charge < -0.3 is 10.1 Å². The van der Waals surface area contributed by atoms with Crippen LogP contribution in [0.2, 0.25) is 10.0 Å². The van der Waals surface area contributed by atoms with Crippen molar-refractivity contribution in [2.45, 2.75) is 6.54 Å². The average Bonchev–Trinajstić information content (AvgIpc) is 3.09. The van der Waals surface area contributed by atoms with Crippen LogP contribution in [0.4, 0.5) is 10.5 Å². The maximum absolute atomic E-state index is 12.7. The first kappa shape index (κ1) is 23.9. The van der Waals surface area contributed by atoms with Crippen molar-refractivity contribution in [1.29, 1.82) is 0 Å². The summed E-state index contributed by atoms with van der Waals surface area (Å²) in [5, 5.41) is 3.46. The lowest BCUT2D eigenvalue weighted by Crippen LogP contribution is -2.27. The van der Waals surface area contributed by atoms with Crippen molar-refractivity contribution < 1.29 is 19.1 Å². The van der Waals surface area contributed by atoms with E-state index in [-0.39, 0.29) is 30.2 Å². The molecule has 1 saturated heterocycles. The number of anilines is 1. The van der Waals surface area contributed by atoms with Gasteiger partial charge in [0.1, 0.15) is 5.75 Å². The lowest BCUT2D eigenvalue weighted by Gasteiger charge is -2.13. The van der Waals surface area contributed by atoms with E-state index in [4.69, 9.17) is 27.9 Å². The molecule has 0 aromatic heterocycles. The van der Waals surface area contributed by atoms with Crippen molar-refractivity contribution in [1.82, 2.24) is 4.90 Å². The van der Waals surface area contributed by atoms with Gasteiger partial charge in [-0.25, -0.2) is 0 Å². The Morgan fingerprint density at radius 2 is 1.68 bits per heavy atom. The number of nitrogens with one attached hydrogen (secondary N) is 1. The maximum Gasteiger partial charge on any atom is 0.293 e. The predicted octanol–water partition coefficient (Wildman–Crippen LogP) is 6.25. The second-order valence-electron chi connectivity index (χ2n) is 7.27. The summed E-state index contributed by atoms with van der Waals surface area (Å²) in [6.45, 7) is -0.0462. The van der Waals surface area contributed by atoms with Gasteiger partial charge >= 0.3 is 0 Å². The van der Waals surface area contributed by atoms with Crippen LogP contribution < -0.4 is 10.1 Å². The van der Waals surface area contributed by atoms with Gasteiger partial charge in [-0.05, 0) is 71.4 Å². The van der Waals surface area contributed by atoms with E-state index in [9.17, 15) is 14.4 Å². The molecule has 3 amide bonds. The summed E-state index contributed by atoms with van der Waals surface area (Å²) in [7, 11) is 0. The van der Waals surface area contributed by atoms with E-state index < -0.39 is 0 Å². The Bertz CT molecular complexity index is 1260. The Morgan fingerprint density at radius 3 is 2.38 bits per heavy atom. The molecule has 0 radical (unpaired) electrons. The average molecular weight is 513 g/mol. The number of thioether (sulfide) groups is 1. The van der Waals surface area contributed by atoms with Crippen molar-refractivity contribution in [2.24, 2.45) is 0 Å². The first-order chi connectivity index (χ1) is 16.4. The Labute approximate surface area is 210 Å². The van der Waals surface area contributed by atoms with Crippen LogP contribution in [-0.2, 0) is 16.1 Å². The minimum absolute atomic E-state index is 0.118. The van der Waals surface area contributed by atoms with Gasteiger partial charge in [-0.2, -0.15) is 0 Å². The van der Waals surface area contributed by atoms with Gasteiger partial charge in [0.05, 0.1) is 11.4 Å². The van der Waals surface area contributed by atoms with Crippen LogP contribution in [-0.4, -0.2) is 28.6 Å². The van der Waals surface area contributed by atoms with E-state index >= 15 is 0 Å². The number of halogens is 2. The molecule has 0 atom stereocenters. The number of ether oxygens (including phenoxy) is 1. The molecule has 172 valence electrons. The van der Waals surface area contributed by atoms with Crippen molar-refractivity contribution in [2.75, 3.05) is 11.9 Å². The monoisotopic (exact) mass is 512 g/mol. The molecule has 3 aromatic rings. The molecular formula is C25H18Cl2N2O4S. The third-order valence-corrected chi connectivity index (χ3v) is 6.36. The quantitative estimate of drug-likeness (QED) is 0.378. The summed E-state index contributed by atoms with van der Waals surface area (Å²) in [6.07, 6.45) is 1.65. The number of nitrogens with zero attached hydrogens (tertiary/aromatic N) is 1. The van der Waals surface area contributed by atoms with E-state index in [0.717, 1.165) is 17.3 Å². The van der Waals surface area contributed by atoms with Crippen molar-refractivity contribution >= 4 is 63.8 Å². The highest BCUT2D eigenvalue weighted by molar-refractivity contribution is 8.18. The van der Waals surface area contributed by atoms with Crippen molar-refractivity contribution in [3.05, 3.63) is 98.9 Å². The first-order valence-corrected chi connectivity index (χ1v) is 11.7. The van der Waals surface area contributed by atoms with E-state index in [1.807, 2.05) is 0 Å². The van der Waals surface area contributed by atoms with Gasteiger partial charge in [0.25, 0.3) is 17.1 Å². The fourth-order valence-corrected chi connectivity index (χ4v) is 4.28.